The van der Waals surface area contributed by atoms with Gasteiger partial charge in [0.25, 0.3) is 0 Å². The number of hydrogen-bond donors (Lipinski definition) is 0. The smallest absolute Gasteiger partial charge is 0.235 e. The molecule has 1 aliphatic rings. The van der Waals surface area contributed by atoms with E-state index in [9.17, 15) is 0 Å². The molecule has 3 rings (SSSR count). The molecule has 0 bridgehead atoms. The lowest BCUT2D eigenvalue weighted by Crippen LogP contribution is -2.36. The zero-order chi connectivity index (χ0) is 15.4. The van der Waals surface area contributed by atoms with Gasteiger partial charge in [0, 0.05) is 31.7 Å². The van der Waals surface area contributed by atoms with E-state index in [1.165, 1.54) is 0 Å². The number of anilines is 1. The molecule has 2 aromatic rings. The third-order valence-corrected chi connectivity index (χ3v) is 4.56. The van der Waals surface area contributed by atoms with E-state index in [1.807, 2.05) is 25.3 Å². The fraction of sp³-hybridized carbons (Fsp3) is 0.438. The van der Waals surface area contributed by atoms with Gasteiger partial charge in [-0.1, -0.05) is 0 Å². The number of pyridine rings is 1. The van der Waals surface area contributed by atoms with E-state index >= 15 is 0 Å². The maximum Gasteiger partial charge on any atom is 0.235 e. The maximum atomic E-state index is 5.82. The number of ether oxygens (including phenoxy) is 1. The molecule has 0 unspecified atom stereocenters. The van der Waals surface area contributed by atoms with Gasteiger partial charge in [0.1, 0.15) is 5.82 Å². The molecule has 22 heavy (non-hydrogen) atoms. The van der Waals surface area contributed by atoms with Crippen LogP contribution in [0.4, 0.5) is 5.82 Å². The summed E-state index contributed by atoms with van der Waals surface area (Å²) >= 11 is 3.57. The molecule has 0 saturated carbocycles. The van der Waals surface area contributed by atoms with Gasteiger partial charge in [-0.3, -0.25) is 4.98 Å². The van der Waals surface area contributed by atoms with Crippen molar-refractivity contribution in [3.63, 3.8) is 0 Å². The molecule has 1 aliphatic heterocycles. The lowest BCUT2D eigenvalue weighted by atomic mass is 9.98. The molecule has 0 aliphatic carbocycles. The predicted octanol–water partition coefficient (Wildman–Crippen LogP) is 3.24. The normalized spacial score (nSPS) is 15.8. The first kappa shape index (κ1) is 15.2. The number of hydrogen-bond acceptors (Lipinski definition) is 5. The van der Waals surface area contributed by atoms with Gasteiger partial charge in [-0.05, 0) is 53.7 Å². The summed E-state index contributed by atoms with van der Waals surface area (Å²) in [5.41, 5.74) is 0.845. The largest absolute Gasteiger partial charge is 0.476 e. The molecule has 0 amide bonds. The Kier molecular flexibility index (Phi) is 4.87. The van der Waals surface area contributed by atoms with Crippen LogP contribution in [-0.2, 0) is 0 Å². The van der Waals surface area contributed by atoms with Crippen LogP contribution in [0.5, 0.6) is 5.88 Å². The first-order valence-corrected chi connectivity index (χ1v) is 8.29. The van der Waals surface area contributed by atoms with E-state index < -0.39 is 0 Å². The minimum absolute atomic E-state index is 0.556. The molecule has 2 aromatic heterocycles. The highest BCUT2D eigenvalue weighted by molar-refractivity contribution is 9.10. The number of piperidine rings is 1. The summed E-state index contributed by atoms with van der Waals surface area (Å²) in [6.07, 6.45) is 7.39. The number of aromatic nitrogens is 3. The van der Waals surface area contributed by atoms with Gasteiger partial charge < -0.3 is 9.64 Å². The summed E-state index contributed by atoms with van der Waals surface area (Å²) in [5.74, 6) is 2.24. The summed E-state index contributed by atoms with van der Waals surface area (Å²) in [6, 6.07) is 3.98. The zero-order valence-electron chi connectivity index (χ0n) is 12.6. The van der Waals surface area contributed by atoms with Crippen molar-refractivity contribution < 1.29 is 4.74 Å². The number of halogens is 1. The van der Waals surface area contributed by atoms with Crippen molar-refractivity contribution in [2.75, 3.05) is 24.6 Å². The van der Waals surface area contributed by atoms with Crippen LogP contribution in [0.15, 0.2) is 35.2 Å². The summed E-state index contributed by atoms with van der Waals surface area (Å²) < 4.78 is 6.88. The van der Waals surface area contributed by atoms with Crippen LogP contribution in [-0.4, -0.2) is 34.6 Å². The van der Waals surface area contributed by atoms with Gasteiger partial charge >= 0.3 is 0 Å². The second-order valence-electron chi connectivity index (χ2n) is 5.50. The Balaban J connectivity index is 1.52. The first-order valence-electron chi connectivity index (χ1n) is 7.50. The van der Waals surface area contributed by atoms with Crippen molar-refractivity contribution in [1.82, 2.24) is 15.0 Å². The fourth-order valence-electron chi connectivity index (χ4n) is 2.65. The summed E-state index contributed by atoms with van der Waals surface area (Å²) in [7, 11) is 0. The molecule has 0 spiro atoms. The van der Waals surface area contributed by atoms with Crippen LogP contribution >= 0.6 is 15.9 Å². The van der Waals surface area contributed by atoms with Gasteiger partial charge in [0.15, 0.2) is 0 Å². The minimum Gasteiger partial charge on any atom is -0.476 e. The third kappa shape index (κ3) is 3.55. The Morgan fingerprint density at radius 2 is 1.95 bits per heavy atom. The highest BCUT2D eigenvalue weighted by atomic mass is 79.9. The van der Waals surface area contributed by atoms with Gasteiger partial charge in [-0.15, -0.1) is 0 Å². The predicted molar refractivity (Wildman–Crippen MR) is 89.1 cm³/mol. The zero-order valence-corrected chi connectivity index (χ0v) is 14.2. The Labute approximate surface area is 138 Å². The monoisotopic (exact) mass is 362 g/mol. The Morgan fingerprint density at radius 3 is 2.68 bits per heavy atom. The second-order valence-corrected chi connectivity index (χ2v) is 6.35. The average molecular weight is 363 g/mol. The molecule has 1 fully saturated rings. The SMILES string of the molecule is Cc1nccnc1OCC1CCN(c2ncccc2Br)CC1. The number of aryl methyl sites for hydroxylation is 1. The Morgan fingerprint density at radius 1 is 1.18 bits per heavy atom. The molecule has 3 heterocycles. The van der Waals surface area contributed by atoms with E-state index in [4.69, 9.17) is 4.74 Å². The van der Waals surface area contributed by atoms with Crippen LogP contribution in [0, 0.1) is 12.8 Å². The Bertz CT molecular complexity index is 629. The van der Waals surface area contributed by atoms with Gasteiger partial charge in [-0.25, -0.2) is 9.97 Å². The molecular formula is C16H19BrN4O. The van der Waals surface area contributed by atoms with Crippen LogP contribution in [0.2, 0.25) is 0 Å². The molecule has 0 aromatic carbocycles. The summed E-state index contributed by atoms with van der Waals surface area (Å²) in [4.78, 5) is 15.2. The van der Waals surface area contributed by atoms with Crippen molar-refractivity contribution in [1.29, 1.82) is 0 Å². The highest BCUT2D eigenvalue weighted by Gasteiger charge is 2.22. The quantitative estimate of drug-likeness (QED) is 0.835. The van der Waals surface area contributed by atoms with Crippen molar-refractivity contribution >= 4 is 21.7 Å². The van der Waals surface area contributed by atoms with Gasteiger partial charge in [0.05, 0.1) is 16.8 Å². The molecule has 1 saturated heterocycles. The summed E-state index contributed by atoms with van der Waals surface area (Å²) in [6.45, 7) is 4.63. The van der Waals surface area contributed by atoms with Crippen LogP contribution in [0.25, 0.3) is 0 Å². The number of nitrogens with zero attached hydrogens (tertiary/aromatic N) is 4. The van der Waals surface area contributed by atoms with Crippen LogP contribution in [0.1, 0.15) is 18.5 Å². The lowest BCUT2D eigenvalue weighted by molar-refractivity contribution is 0.214. The maximum absolute atomic E-state index is 5.82. The van der Waals surface area contributed by atoms with Gasteiger partial charge in [0.2, 0.25) is 5.88 Å². The van der Waals surface area contributed by atoms with Crippen molar-refractivity contribution in [3.05, 3.63) is 40.9 Å². The molecule has 0 radical (unpaired) electrons. The van der Waals surface area contributed by atoms with Crippen molar-refractivity contribution in [2.45, 2.75) is 19.8 Å². The van der Waals surface area contributed by atoms with E-state index in [-0.39, 0.29) is 0 Å². The van der Waals surface area contributed by atoms with Crippen molar-refractivity contribution in [3.8, 4) is 5.88 Å². The number of rotatable bonds is 4. The van der Waals surface area contributed by atoms with Crippen molar-refractivity contribution in [2.24, 2.45) is 5.92 Å². The standard InChI is InChI=1S/C16H19BrN4O/c1-12-16(20-8-7-18-12)22-11-13-4-9-21(10-5-13)15-14(17)3-2-6-19-15/h2-3,6-8,13H,4-5,9-11H2,1H3. The van der Waals surface area contributed by atoms with E-state index in [0.29, 0.717) is 18.4 Å². The van der Waals surface area contributed by atoms with E-state index in [0.717, 1.165) is 41.9 Å². The van der Waals surface area contributed by atoms with E-state index in [1.54, 1.807) is 12.4 Å². The molecular weight excluding hydrogens is 344 g/mol. The fourth-order valence-corrected chi connectivity index (χ4v) is 3.16. The molecule has 0 atom stereocenters. The molecule has 116 valence electrons. The van der Waals surface area contributed by atoms with Crippen LogP contribution in [0.3, 0.4) is 0 Å². The minimum atomic E-state index is 0.556. The molecule has 6 heteroatoms. The average Bonchev–Trinajstić information content (AvgIpc) is 2.55. The first-order chi connectivity index (χ1) is 10.7. The van der Waals surface area contributed by atoms with Gasteiger partial charge in [-0.2, -0.15) is 0 Å². The molecule has 5 nitrogen and oxygen atoms in total. The third-order valence-electron chi connectivity index (χ3n) is 3.95. The van der Waals surface area contributed by atoms with E-state index in [2.05, 4.69) is 35.8 Å². The highest BCUT2D eigenvalue weighted by Crippen LogP contribution is 2.28. The molecule has 0 N–H and O–H groups in total. The Hall–Kier alpha value is -1.69. The topological polar surface area (TPSA) is 51.1 Å². The van der Waals surface area contributed by atoms with Crippen LogP contribution < -0.4 is 9.64 Å². The lowest BCUT2D eigenvalue weighted by Gasteiger charge is -2.33. The second kappa shape index (κ2) is 7.05. The summed E-state index contributed by atoms with van der Waals surface area (Å²) in [5, 5.41) is 0.